The zero-order valence-electron chi connectivity index (χ0n) is 10.6. The minimum atomic E-state index is -4.75. The van der Waals surface area contributed by atoms with Gasteiger partial charge in [-0.1, -0.05) is 11.6 Å². The lowest BCUT2D eigenvalue weighted by atomic mass is 9.86. The van der Waals surface area contributed by atoms with Crippen LogP contribution in [0.5, 0.6) is 0 Å². The summed E-state index contributed by atoms with van der Waals surface area (Å²) in [6.45, 7) is 1.33. The molecule has 8 heteroatoms. The summed E-state index contributed by atoms with van der Waals surface area (Å²) in [6.07, 6.45) is -5.17. The molecule has 0 radical (unpaired) electrons. The normalized spacial score (nSPS) is 25.9. The minimum Gasteiger partial charge on any atom is -0.481 e. The van der Waals surface area contributed by atoms with E-state index < -0.39 is 30.5 Å². The number of halogens is 4. The summed E-state index contributed by atoms with van der Waals surface area (Å²) >= 11 is 7.11. The zero-order valence-corrected chi connectivity index (χ0v) is 12.1. The van der Waals surface area contributed by atoms with Gasteiger partial charge in [-0.05, 0) is 25.5 Å². The predicted octanol–water partition coefficient (Wildman–Crippen LogP) is 3.80. The Bertz CT molecular complexity index is 519. The van der Waals surface area contributed by atoms with Crippen molar-refractivity contribution in [2.24, 2.45) is 5.41 Å². The lowest BCUT2D eigenvalue weighted by Gasteiger charge is -2.29. The number of alkyl halides is 3. The van der Waals surface area contributed by atoms with Crippen molar-refractivity contribution < 1.29 is 23.1 Å². The first-order valence-corrected chi connectivity index (χ1v) is 7.16. The number of carboxylic acid groups (broad SMARTS) is 1. The van der Waals surface area contributed by atoms with Crippen LogP contribution in [0.1, 0.15) is 24.3 Å². The summed E-state index contributed by atoms with van der Waals surface area (Å²) in [5.41, 5.74) is -2.66. The summed E-state index contributed by atoms with van der Waals surface area (Å²) in [5, 5.41) is 9.01. The van der Waals surface area contributed by atoms with Crippen molar-refractivity contribution in [3.63, 3.8) is 0 Å². The van der Waals surface area contributed by atoms with E-state index in [0.717, 1.165) is 4.88 Å². The molecule has 2 unspecified atom stereocenters. The van der Waals surface area contributed by atoms with Gasteiger partial charge in [-0.2, -0.15) is 13.2 Å². The first-order valence-electron chi connectivity index (χ1n) is 5.97. The fourth-order valence-electron chi connectivity index (χ4n) is 2.43. The van der Waals surface area contributed by atoms with E-state index in [1.165, 1.54) is 11.3 Å². The third kappa shape index (κ3) is 2.54. The molecule has 3 nitrogen and oxygen atoms in total. The summed E-state index contributed by atoms with van der Waals surface area (Å²) in [5.74, 6) is -1.80. The second-order valence-electron chi connectivity index (χ2n) is 4.92. The average molecular weight is 328 g/mol. The molecule has 1 fully saturated rings. The summed E-state index contributed by atoms with van der Waals surface area (Å²) in [4.78, 5) is 13.5. The summed E-state index contributed by atoms with van der Waals surface area (Å²) < 4.78 is 39.8. The van der Waals surface area contributed by atoms with Crippen molar-refractivity contribution in [3.8, 4) is 0 Å². The number of hydrogen-bond donors (Lipinski definition) is 1. The molecule has 0 bridgehead atoms. The third-order valence-electron chi connectivity index (χ3n) is 3.80. The molecule has 1 saturated heterocycles. The molecule has 0 saturated carbocycles. The summed E-state index contributed by atoms with van der Waals surface area (Å²) in [6, 6.07) is 3.16. The van der Waals surface area contributed by atoms with Gasteiger partial charge >= 0.3 is 12.1 Å². The molecule has 1 aliphatic rings. The Morgan fingerprint density at radius 1 is 1.55 bits per heavy atom. The maximum Gasteiger partial charge on any atom is 0.406 e. The molecule has 20 heavy (non-hydrogen) atoms. The van der Waals surface area contributed by atoms with Gasteiger partial charge < -0.3 is 5.11 Å². The Morgan fingerprint density at radius 2 is 2.20 bits per heavy atom. The van der Waals surface area contributed by atoms with E-state index in [1.54, 1.807) is 24.0 Å². The highest BCUT2D eigenvalue weighted by atomic mass is 35.5. The molecule has 112 valence electrons. The molecule has 1 N–H and O–H groups in total. The maximum absolute atomic E-state index is 13.1. The van der Waals surface area contributed by atoms with E-state index in [2.05, 4.69) is 0 Å². The van der Waals surface area contributed by atoms with Crippen LogP contribution in [0.2, 0.25) is 4.34 Å². The van der Waals surface area contributed by atoms with Crippen LogP contribution in [0.15, 0.2) is 12.1 Å². The highest BCUT2D eigenvalue weighted by Crippen LogP contribution is 2.48. The van der Waals surface area contributed by atoms with Gasteiger partial charge in [-0.3, -0.25) is 9.69 Å². The first kappa shape index (κ1) is 15.6. The Hall–Kier alpha value is -0.790. The number of hydrogen-bond acceptors (Lipinski definition) is 3. The van der Waals surface area contributed by atoms with E-state index in [0.29, 0.717) is 4.34 Å². The van der Waals surface area contributed by atoms with Crippen LogP contribution in [-0.2, 0) is 4.79 Å². The molecule has 1 aromatic heterocycles. The van der Waals surface area contributed by atoms with Gasteiger partial charge in [-0.15, -0.1) is 11.3 Å². The second kappa shape index (κ2) is 5.20. The van der Waals surface area contributed by atoms with Crippen LogP contribution >= 0.6 is 22.9 Å². The lowest BCUT2D eigenvalue weighted by molar-refractivity contribution is -0.227. The maximum atomic E-state index is 13.1. The second-order valence-corrected chi connectivity index (χ2v) is 6.67. The molecule has 2 heterocycles. The van der Waals surface area contributed by atoms with Crippen molar-refractivity contribution in [1.82, 2.24) is 4.90 Å². The lowest BCUT2D eigenvalue weighted by Crippen LogP contribution is -2.47. The fraction of sp³-hybridized carbons (Fsp3) is 0.583. The number of carbonyl (C=O) groups is 1. The number of thiophene rings is 1. The quantitative estimate of drug-likeness (QED) is 0.918. The van der Waals surface area contributed by atoms with Gasteiger partial charge in [0.15, 0.2) is 5.41 Å². The Labute approximate surface area is 123 Å². The van der Waals surface area contributed by atoms with Gasteiger partial charge in [0.2, 0.25) is 0 Å². The molecule has 0 amide bonds. The van der Waals surface area contributed by atoms with Crippen LogP contribution in [-0.4, -0.2) is 35.2 Å². The van der Waals surface area contributed by atoms with Crippen LogP contribution in [0.3, 0.4) is 0 Å². The van der Waals surface area contributed by atoms with Gasteiger partial charge in [0.05, 0.1) is 4.34 Å². The van der Waals surface area contributed by atoms with Crippen molar-refractivity contribution in [2.45, 2.75) is 25.6 Å². The van der Waals surface area contributed by atoms with Gasteiger partial charge in [0.1, 0.15) is 0 Å². The molecule has 2 atom stereocenters. The van der Waals surface area contributed by atoms with Crippen LogP contribution < -0.4 is 0 Å². The van der Waals surface area contributed by atoms with Crippen LogP contribution in [0.4, 0.5) is 13.2 Å². The van der Waals surface area contributed by atoms with Crippen LogP contribution in [0.25, 0.3) is 0 Å². The molecular weight excluding hydrogens is 315 g/mol. The van der Waals surface area contributed by atoms with E-state index in [1.807, 2.05) is 0 Å². The van der Waals surface area contributed by atoms with Crippen molar-refractivity contribution in [3.05, 3.63) is 21.3 Å². The van der Waals surface area contributed by atoms with Gasteiger partial charge in [0, 0.05) is 24.0 Å². The number of rotatable bonds is 3. The minimum absolute atomic E-state index is 0.0997. The number of aliphatic carboxylic acids is 1. The highest BCUT2D eigenvalue weighted by molar-refractivity contribution is 7.16. The van der Waals surface area contributed by atoms with Crippen molar-refractivity contribution in [2.75, 3.05) is 13.1 Å². The molecule has 1 aliphatic heterocycles. The van der Waals surface area contributed by atoms with E-state index >= 15 is 0 Å². The predicted molar refractivity (Wildman–Crippen MR) is 70.1 cm³/mol. The molecule has 0 spiro atoms. The topological polar surface area (TPSA) is 40.5 Å². The molecule has 0 aromatic carbocycles. The van der Waals surface area contributed by atoms with Gasteiger partial charge in [-0.25, -0.2) is 0 Å². The van der Waals surface area contributed by atoms with E-state index in [9.17, 15) is 18.0 Å². The fourth-order valence-corrected chi connectivity index (χ4v) is 3.58. The first-order chi connectivity index (χ1) is 9.17. The monoisotopic (exact) mass is 327 g/mol. The van der Waals surface area contributed by atoms with E-state index in [4.69, 9.17) is 16.7 Å². The SMILES string of the molecule is CC(c1ccc(Cl)s1)N1CCC(C(=O)O)(C(F)(F)F)C1. The largest absolute Gasteiger partial charge is 0.481 e. The zero-order chi connectivity index (χ0) is 15.1. The Kier molecular flexibility index (Phi) is 4.05. The molecular formula is C12H13ClF3NO2S. The number of likely N-dealkylation sites (tertiary alicyclic amines) is 1. The van der Waals surface area contributed by atoms with Crippen LogP contribution in [0, 0.1) is 5.41 Å². The molecule has 2 rings (SSSR count). The number of carboxylic acids is 1. The van der Waals surface area contributed by atoms with Crippen molar-refractivity contribution >= 4 is 28.9 Å². The smallest absolute Gasteiger partial charge is 0.406 e. The highest BCUT2D eigenvalue weighted by Gasteiger charge is 2.63. The average Bonchev–Trinajstić information content (AvgIpc) is 2.93. The molecule has 0 aliphatic carbocycles. The third-order valence-corrected chi connectivity index (χ3v) is 5.21. The summed E-state index contributed by atoms with van der Waals surface area (Å²) in [7, 11) is 0. The Balaban J connectivity index is 2.21. The standard InChI is InChI=1S/C12H13ClF3NO2S/c1-7(8-2-3-9(13)20-8)17-5-4-11(6-17,10(18)19)12(14,15)16/h2-3,7H,4-6H2,1H3,(H,18,19). The van der Waals surface area contributed by atoms with Gasteiger partial charge in [0.25, 0.3) is 0 Å². The Morgan fingerprint density at radius 3 is 2.60 bits per heavy atom. The van der Waals surface area contributed by atoms with E-state index in [-0.39, 0.29) is 12.6 Å². The number of nitrogens with zero attached hydrogens (tertiary/aromatic N) is 1. The molecule has 1 aromatic rings. The van der Waals surface area contributed by atoms with Crippen molar-refractivity contribution in [1.29, 1.82) is 0 Å².